The summed E-state index contributed by atoms with van der Waals surface area (Å²) in [6.45, 7) is 2.68. The van der Waals surface area contributed by atoms with Crippen LogP contribution in [0.2, 0.25) is 0 Å². The highest BCUT2D eigenvalue weighted by Gasteiger charge is 2.20. The maximum absolute atomic E-state index is 11.8. The van der Waals surface area contributed by atoms with Crippen LogP contribution in [0.5, 0.6) is 5.88 Å². The van der Waals surface area contributed by atoms with E-state index < -0.39 is 9.84 Å². The Balaban J connectivity index is 1.78. The molecule has 1 aromatic carbocycles. The van der Waals surface area contributed by atoms with Gasteiger partial charge in [0.25, 0.3) is 0 Å². The zero-order valence-corrected chi connectivity index (χ0v) is 15.0. The molecule has 1 aliphatic rings. The van der Waals surface area contributed by atoms with Crippen LogP contribution in [0.25, 0.3) is 0 Å². The topological polar surface area (TPSA) is 114 Å². The summed E-state index contributed by atoms with van der Waals surface area (Å²) in [6, 6.07) is 8.33. The number of rotatable bonds is 6. The van der Waals surface area contributed by atoms with Crippen molar-refractivity contribution in [3.63, 3.8) is 0 Å². The fourth-order valence-corrected chi connectivity index (χ4v) is 3.28. The zero-order valence-electron chi connectivity index (χ0n) is 14.2. The first kappa shape index (κ1) is 18.1. The SMILES string of the molecule is CCS(=O)(=O)c1ccc(Nc2ncc(C#N)c(OC3CCOC3)n2)cc1. The number of hydrogen-bond acceptors (Lipinski definition) is 8. The van der Waals surface area contributed by atoms with E-state index in [0.29, 0.717) is 18.9 Å². The maximum atomic E-state index is 11.8. The second kappa shape index (κ2) is 7.68. The summed E-state index contributed by atoms with van der Waals surface area (Å²) in [7, 11) is -3.24. The van der Waals surface area contributed by atoms with Gasteiger partial charge in [0, 0.05) is 12.1 Å². The van der Waals surface area contributed by atoms with Crippen LogP contribution in [0, 0.1) is 11.3 Å². The number of nitrogens with zero attached hydrogens (tertiary/aromatic N) is 3. The quantitative estimate of drug-likeness (QED) is 0.817. The van der Waals surface area contributed by atoms with Crippen molar-refractivity contribution >= 4 is 21.5 Å². The molecule has 8 nitrogen and oxygen atoms in total. The summed E-state index contributed by atoms with van der Waals surface area (Å²) in [6.07, 6.45) is 1.99. The van der Waals surface area contributed by atoms with Crippen molar-refractivity contribution in [2.45, 2.75) is 24.3 Å². The van der Waals surface area contributed by atoms with Gasteiger partial charge < -0.3 is 14.8 Å². The number of sulfone groups is 1. The van der Waals surface area contributed by atoms with Gasteiger partial charge in [-0.15, -0.1) is 0 Å². The van der Waals surface area contributed by atoms with E-state index in [1.165, 1.54) is 18.3 Å². The van der Waals surface area contributed by atoms with Crippen molar-refractivity contribution in [3.05, 3.63) is 36.0 Å². The highest BCUT2D eigenvalue weighted by molar-refractivity contribution is 7.91. The smallest absolute Gasteiger partial charge is 0.236 e. The molecule has 0 saturated carbocycles. The monoisotopic (exact) mass is 374 g/mol. The minimum Gasteiger partial charge on any atom is -0.471 e. The van der Waals surface area contributed by atoms with Gasteiger partial charge in [0.1, 0.15) is 17.7 Å². The number of benzene rings is 1. The fourth-order valence-electron chi connectivity index (χ4n) is 2.40. The fraction of sp³-hybridized carbons (Fsp3) is 0.353. The molecule has 9 heteroatoms. The first-order valence-electron chi connectivity index (χ1n) is 8.13. The van der Waals surface area contributed by atoms with Gasteiger partial charge in [-0.05, 0) is 24.3 Å². The lowest BCUT2D eigenvalue weighted by atomic mass is 10.3. The predicted octanol–water partition coefficient (Wildman–Crippen LogP) is 2.05. The number of anilines is 2. The maximum Gasteiger partial charge on any atom is 0.236 e. The van der Waals surface area contributed by atoms with Crippen molar-refractivity contribution < 1.29 is 17.9 Å². The second-order valence-electron chi connectivity index (χ2n) is 5.68. The Hall–Kier alpha value is -2.70. The molecule has 1 aromatic heterocycles. The van der Waals surface area contributed by atoms with Gasteiger partial charge in [0.15, 0.2) is 9.84 Å². The third-order valence-corrected chi connectivity index (χ3v) is 5.64. The molecule has 0 radical (unpaired) electrons. The minimum absolute atomic E-state index is 0.0457. The Morgan fingerprint density at radius 3 is 2.77 bits per heavy atom. The molecule has 1 saturated heterocycles. The molecule has 3 rings (SSSR count). The number of nitrogens with one attached hydrogen (secondary N) is 1. The molecule has 0 amide bonds. The number of ether oxygens (including phenoxy) is 2. The van der Waals surface area contributed by atoms with Crippen molar-refractivity contribution in [2.75, 3.05) is 24.3 Å². The highest BCUT2D eigenvalue weighted by Crippen LogP contribution is 2.22. The lowest BCUT2D eigenvalue weighted by Gasteiger charge is -2.13. The molecule has 1 fully saturated rings. The normalized spacial score (nSPS) is 16.8. The van der Waals surface area contributed by atoms with Gasteiger partial charge in [-0.25, -0.2) is 13.4 Å². The number of nitriles is 1. The molecule has 2 heterocycles. The summed E-state index contributed by atoms with van der Waals surface area (Å²) in [5.74, 6) is 0.499. The van der Waals surface area contributed by atoms with Gasteiger partial charge in [-0.3, -0.25) is 0 Å². The third kappa shape index (κ3) is 4.09. The van der Waals surface area contributed by atoms with E-state index in [1.807, 2.05) is 6.07 Å². The molecule has 1 N–H and O–H groups in total. The van der Waals surface area contributed by atoms with Gasteiger partial charge in [0.2, 0.25) is 11.8 Å². The Morgan fingerprint density at radius 2 is 2.15 bits per heavy atom. The van der Waals surface area contributed by atoms with Crippen LogP contribution in [0.3, 0.4) is 0 Å². The highest BCUT2D eigenvalue weighted by atomic mass is 32.2. The molecule has 1 atom stereocenters. The van der Waals surface area contributed by atoms with Gasteiger partial charge in [-0.1, -0.05) is 6.92 Å². The number of hydrogen-bond donors (Lipinski definition) is 1. The van der Waals surface area contributed by atoms with Crippen molar-refractivity contribution in [2.24, 2.45) is 0 Å². The van der Waals surface area contributed by atoms with Crippen LogP contribution in [0.15, 0.2) is 35.4 Å². The molecule has 1 unspecified atom stereocenters. The van der Waals surface area contributed by atoms with Gasteiger partial charge in [-0.2, -0.15) is 10.2 Å². The lowest BCUT2D eigenvalue weighted by Crippen LogP contribution is -2.17. The van der Waals surface area contributed by atoms with E-state index in [-0.39, 0.29) is 34.1 Å². The van der Waals surface area contributed by atoms with Gasteiger partial charge >= 0.3 is 0 Å². The van der Waals surface area contributed by atoms with E-state index in [4.69, 9.17) is 9.47 Å². The van der Waals surface area contributed by atoms with Crippen molar-refractivity contribution in [3.8, 4) is 11.9 Å². The van der Waals surface area contributed by atoms with E-state index in [1.54, 1.807) is 19.1 Å². The van der Waals surface area contributed by atoms with E-state index in [2.05, 4.69) is 15.3 Å². The molecular formula is C17H18N4O4S. The first-order valence-corrected chi connectivity index (χ1v) is 9.78. The van der Waals surface area contributed by atoms with Crippen LogP contribution < -0.4 is 10.1 Å². The Bertz CT molecular complexity index is 917. The molecule has 0 aliphatic carbocycles. The molecule has 2 aromatic rings. The zero-order chi connectivity index (χ0) is 18.6. The Morgan fingerprint density at radius 1 is 1.38 bits per heavy atom. The van der Waals surface area contributed by atoms with Crippen LogP contribution >= 0.6 is 0 Å². The standard InChI is InChI=1S/C17H18N4O4S/c1-2-26(22,23)15-5-3-13(4-6-15)20-17-19-10-12(9-18)16(21-17)25-14-7-8-24-11-14/h3-6,10,14H,2,7-8,11H2,1H3,(H,19,20,21). The predicted molar refractivity (Wildman–Crippen MR) is 94.1 cm³/mol. The Labute approximate surface area is 151 Å². The summed E-state index contributed by atoms with van der Waals surface area (Å²) < 4.78 is 34.7. The van der Waals surface area contributed by atoms with Crippen LogP contribution in [0.4, 0.5) is 11.6 Å². The third-order valence-electron chi connectivity index (χ3n) is 3.89. The van der Waals surface area contributed by atoms with Crippen molar-refractivity contribution in [1.82, 2.24) is 9.97 Å². The summed E-state index contributed by atoms with van der Waals surface area (Å²) in [5.41, 5.74) is 0.867. The first-order chi connectivity index (χ1) is 12.5. The molecule has 1 aliphatic heterocycles. The average molecular weight is 374 g/mol. The van der Waals surface area contributed by atoms with E-state index in [0.717, 1.165) is 6.42 Å². The summed E-state index contributed by atoms with van der Waals surface area (Å²) in [5, 5.41) is 12.2. The van der Waals surface area contributed by atoms with E-state index in [9.17, 15) is 13.7 Å². The largest absolute Gasteiger partial charge is 0.471 e. The van der Waals surface area contributed by atoms with Crippen LogP contribution in [-0.2, 0) is 14.6 Å². The van der Waals surface area contributed by atoms with E-state index >= 15 is 0 Å². The van der Waals surface area contributed by atoms with Crippen LogP contribution in [-0.4, -0.2) is 43.5 Å². The van der Waals surface area contributed by atoms with Gasteiger partial charge in [0.05, 0.1) is 30.1 Å². The number of aromatic nitrogens is 2. The molecule has 136 valence electrons. The summed E-state index contributed by atoms with van der Waals surface area (Å²) in [4.78, 5) is 8.60. The Kier molecular flexibility index (Phi) is 5.35. The molecule has 26 heavy (non-hydrogen) atoms. The molecule has 0 bridgehead atoms. The second-order valence-corrected chi connectivity index (χ2v) is 7.96. The van der Waals surface area contributed by atoms with Crippen molar-refractivity contribution in [1.29, 1.82) is 5.26 Å². The molecular weight excluding hydrogens is 356 g/mol. The minimum atomic E-state index is -3.24. The van der Waals surface area contributed by atoms with Crippen LogP contribution in [0.1, 0.15) is 18.9 Å². The molecule has 0 spiro atoms. The summed E-state index contributed by atoms with van der Waals surface area (Å²) >= 11 is 0. The lowest BCUT2D eigenvalue weighted by molar-refractivity contribution is 0.138. The average Bonchev–Trinajstić information content (AvgIpc) is 3.15.